The van der Waals surface area contributed by atoms with Gasteiger partial charge in [0.2, 0.25) is 0 Å². The minimum atomic E-state index is 0.782. The van der Waals surface area contributed by atoms with Crippen LogP contribution in [0.2, 0.25) is 0 Å². The van der Waals surface area contributed by atoms with E-state index in [1.54, 1.807) is 0 Å². The lowest BCUT2D eigenvalue weighted by Crippen LogP contribution is -2.29. The molecule has 1 aliphatic rings. The van der Waals surface area contributed by atoms with E-state index >= 15 is 0 Å². The Morgan fingerprint density at radius 1 is 1.57 bits per heavy atom. The lowest BCUT2D eigenvalue weighted by Gasteiger charge is -2.23. The molecule has 2 heteroatoms. The zero-order valence-corrected chi connectivity index (χ0v) is 9.68. The van der Waals surface area contributed by atoms with E-state index in [1.807, 2.05) is 7.05 Å². The molecule has 0 aromatic carbocycles. The fourth-order valence-electron chi connectivity index (χ4n) is 2.28. The van der Waals surface area contributed by atoms with E-state index in [4.69, 9.17) is 0 Å². The molecule has 1 atom stereocenters. The van der Waals surface area contributed by atoms with Crippen molar-refractivity contribution in [2.45, 2.75) is 38.6 Å². The average molecular weight is 196 g/mol. The number of hydrogen-bond donors (Lipinski definition) is 1. The molecular formula is C12H24N2. The van der Waals surface area contributed by atoms with Gasteiger partial charge in [-0.25, -0.2) is 0 Å². The Morgan fingerprint density at radius 2 is 2.36 bits per heavy atom. The van der Waals surface area contributed by atoms with Crippen LogP contribution >= 0.6 is 0 Å². The second kappa shape index (κ2) is 6.20. The summed E-state index contributed by atoms with van der Waals surface area (Å²) in [5.41, 5.74) is 1.41. The van der Waals surface area contributed by atoms with Crippen LogP contribution in [0, 0.1) is 0 Å². The fraction of sp³-hybridized carbons (Fsp3) is 0.833. The van der Waals surface area contributed by atoms with Gasteiger partial charge in [-0.05, 0) is 52.4 Å². The van der Waals surface area contributed by atoms with Gasteiger partial charge in [0.15, 0.2) is 0 Å². The molecule has 0 aliphatic carbocycles. The zero-order chi connectivity index (χ0) is 10.4. The van der Waals surface area contributed by atoms with Gasteiger partial charge < -0.3 is 10.2 Å². The minimum Gasteiger partial charge on any atom is -0.319 e. The van der Waals surface area contributed by atoms with E-state index in [-0.39, 0.29) is 0 Å². The third-order valence-electron chi connectivity index (χ3n) is 3.16. The van der Waals surface area contributed by atoms with E-state index in [1.165, 1.54) is 37.9 Å². The van der Waals surface area contributed by atoms with Gasteiger partial charge in [-0.15, -0.1) is 0 Å². The number of likely N-dealkylation sites (tertiary alicyclic amines) is 1. The summed E-state index contributed by atoms with van der Waals surface area (Å²) in [6.07, 6.45) is 5.07. The first kappa shape index (κ1) is 11.7. The van der Waals surface area contributed by atoms with Gasteiger partial charge in [0, 0.05) is 6.04 Å². The predicted octanol–water partition coefficient (Wildman–Crippen LogP) is 2.03. The number of rotatable bonds is 6. The van der Waals surface area contributed by atoms with Crippen molar-refractivity contribution in [2.75, 3.05) is 26.7 Å². The molecule has 0 radical (unpaired) electrons. The van der Waals surface area contributed by atoms with Gasteiger partial charge in [0.1, 0.15) is 0 Å². The largest absolute Gasteiger partial charge is 0.319 e. The Kier molecular flexibility index (Phi) is 5.20. The van der Waals surface area contributed by atoms with E-state index in [0.717, 1.165) is 19.0 Å². The fourth-order valence-corrected chi connectivity index (χ4v) is 2.28. The van der Waals surface area contributed by atoms with Crippen LogP contribution in [-0.4, -0.2) is 37.6 Å². The van der Waals surface area contributed by atoms with E-state index in [9.17, 15) is 0 Å². The monoisotopic (exact) mass is 196 g/mol. The molecule has 0 bridgehead atoms. The molecule has 0 amide bonds. The van der Waals surface area contributed by atoms with Crippen molar-refractivity contribution >= 4 is 0 Å². The van der Waals surface area contributed by atoms with Crippen molar-refractivity contribution in [1.29, 1.82) is 0 Å². The maximum absolute atomic E-state index is 4.16. The van der Waals surface area contributed by atoms with E-state index < -0.39 is 0 Å². The van der Waals surface area contributed by atoms with E-state index in [2.05, 4.69) is 23.7 Å². The Morgan fingerprint density at radius 3 is 3.00 bits per heavy atom. The van der Waals surface area contributed by atoms with Crippen LogP contribution in [0.4, 0.5) is 0 Å². The first-order valence-corrected chi connectivity index (χ1v) is 5.83. The summed E-state index contributed by atoms with van der Waals surface area (Å²) in [4.78, 5) is 2.59. The highest BCUT2D eigenvalue weighted by Crippen LogP contribution is 2.23. The summed E-state index contributed by atoms with van der Waals surface area (Å²) in [6, 6.07) is 0.782. The molecule has 14 heavy (non-hydrogen) atoms. The second-order valence-electron chi connectivity index (χ2n) is 4.23. The molecule has 0 saturated carbocycles. The molecule has 1 saturated heterocycles. The van der Waals surface area contributed by atoms with Gasteiger partial charge in [-0.2, -0.15) is 0 Å². The van der Waals surface area contributed by atoms with Gasteiger partial charge in [0.25, 0.3) is 0 Å². The SMILES string of the molecule is C=C(CCNC)CC1CCCN1CC. The third kappa shape index (κ3) is 3.43. The molecular weight excluding hydrogens is 172 g/mol. The lowest BCUT2D eigenvalue weighted by molar-refractivity contribution is 0.264. The molecule has 1 fully saturated rings. The third-order valence-corrected chi connectivity index (χ3v) is 3.16. The maximum Gasteiger partial charge on any atom is 0.0133 e. The quantitative estimate of drug-likeness (QED) is 0.654. The standard InChI is InChI=1S/C12H24N2/c1-4-14-9-5-6-12(14)10-11(2)7-8-13-3/h12-13H,2,4-10H2,1,3H3. The Balaban J connectivity index is 2.25. The molecule has 82 valence electrons. The predicted molar refractivity (Wildman–Crippen MR) is 62.6 cm³/mol. The van der Waals surface area contributed by atoms with Crippen molar-refractivity contribution in [3.8, 4) is 0 Å². The van der Waals surface area contributed by atoms with Crippen molar-refractivity contribution in [3.05, 3.63) is 12.2 Å². The molecule has 2 nitrogen and oxygen atoms in total. The summed E-state index contributed by atoms with van der Waals surface area (Å²) < 4.78 is 0. The highest BCUT2D eigenvalue weighted by Gasteiger charge is 2.22. The zero-order valence-electron chi connectivity index (χ0n) is 9.68. The van der Waals surface area contributed by atoms with Gasteiger partial charge >= 0.3 is 0 Å². The molecule has 0 aromatic rings. The number of hydrogen-bond acceptors (Lipinski definition) is 2. The summed E-state index contributed by atoms with van der Waals surface area (Å²) in [6.45, 7) is 9.97. The molecule has 0 aromatic heterocycles. The summed E-state index contributed by atoms with van der Waals surface area (Å²) >= 11 is 0. The maximum atomic E-state index is 4.16. The van der Waals surface area contributed by atoms with Crippen LogP contribution < -0.4 is 5.32 Å². The van der Waals surface area contributed by atoms with Crippen LogP contribution in [0.5, 0.6) is 0 Å². The molecule has 1 heterocycles. The highest BCUT2D eigenvalue weighted by atomic mass is 15.2. The van der Waals surface area contributed by atoms with Gasteiger partial charge in [-0.3, -0.25) is 0 Å². The van der Waals surface area contributed by atoms with Crippen LogP contribution in [0.3, 0.4) is 0 Å². The topological polar surface area (TPSA) is 15.3 Å². The molecule has 1 N–H and O–H groups in total. The Labute approximate surface area is 88.4 Å². The summed E-state index contributed by atoms with van der Waals surface area (Å²) in [5, 5.41) is 3.17. The van der Waals surface area contributed by atoms with Crippen molar-refractivity contribution in [2.24, 2.45) is 0 Å². The van der Waals surface area contributed by atoms with Crippen LogP contribution in [-0.2, 0) is 0 Å². The minimum absolute atomic E-state index is 0.782. The van der Waals surface area contributed by atoms with Gasteiger partial charge in [0.05, 0.1) is 0 Å². The van der Waals surface area contributed by atoms with Crippen molar-refractivity contribution < 1.29 is 0 Å². The Bertz CT molecular complexity index is 177. The first-order chi connectivity index (χ1) is 6.77. The number of nitrogens with zero attached hydrogens (tertiary/aromatic N) is 1. The summed E-state index contributed by atoms with van der Waals surface area (Å²) in [7, 11) is 2.00. The van der Waals surface area contributed by atoms with Gasteiger partial charge in [-0.1, -0.05) is 19.1 Å². The molecule has 1 aliphatic heterocycles. The smallest absolute Gasteiger partial charge is 0.0133 e. The van der Waals surface area contributed by atoms with E-state index in [0.29, 0.717) is 0 Å². The first-order valence-electron chi connectivity index (χ1n) is 5.83. The average Bonchev–Trinajstić information content (AvgIpc) is 2.62. The van der Waals surface area contributed by atoms with Crippen molar-refractivity contribution in [3.63, 3.8) is 0 Å². The molecule has 1 unspecified atom stereocenters. The van der Waals surface area contributed by atoms with Crippen LogP contribution in [0.15, 0.2) is 12.2 Å². The normalized spacial score (nSPS) is 22.9. The summed E-state index contributed by atoms with van der Waals surface area (Å²) in [5.74, 6) is 0. The highest BCUT2D eigenvalue weighted by molar-refractivity contribution is 4.99. The van der Waals surface area contributed by atoms with Crippen LogP contribution in [0.25, 0.3) is 0 Å². The second-order valence-corrected chi connectivity index (χ2v) is 4.23. The van der Waals surface area contributed by atoms with Crippen LogP contribution in [0.1, 0.15) is 32.6 Å². The Hall–Kier alpha value is -0.340. The van der Waals surface area contributed by atoms with Crippen molar-refractivity contribution in [1.82, 2.24) is 10.2 Å². The lowest BCUT2D eigenvalue weighted by atomic mass is 10.0. The molecule has 1 rings (SSSR count). The number of nitrogens with one attached hydrogen (secondary N) is 1. The molecule has 0 spiro atoms.